The first kappa shape index (κ1) is 31.8. The summed E-state index contributed by atoms with van der Waals surface area (Å²) in [4.78, 5) is 4.40. The monoisotopic (exact) mass is 579 g/mol. The van der Waals surface area contributed by atoms with Crippen molar-refractivity contribution in [2.24, 2.45) is 0 Å². The first-order valence-electron chi connectivity index (χ1n) is 10.1. The van der Waals surface area contributed by atoms with Crippen molar-refractivity contribution in [1.29, 1.82) is 0 Å². The van der Waals surface area contributed by atoms with E-state index in [2.05, 4.69) is 19.1 Å². The molecule has 1 heterocycles. The van der Waals surface area contributed by atoms with Crippen LogP contribution in [0.3, 0.4) is 0 Å². The molecule has 2 aromatic carbocycles. The first-order chi connectivity index (χ1) is 16.8. The molecule has 200 valence electrons. The lowest BCUT2D eigenvalue weighted by Crippen LogP contribution is -2.18. The molecule has 0 aliphatic rings. The molecule has 3 rings (SSSR count). The molecule has 0 amide bonds. The van der Waals surface area contributed by atoms with Crippen molar-refractivity contribution >= 4 is 41.4 Å². The normalized spacial score (nSPS) is 11.6. The Morgan fingerprint density at radius 1 is 0.722 bits per heavy atom. The van der Waals surface area contributed by atoms with E-state index in [4.69, 9.17) is 5.26 Å². The molecule has 1 aromatic heterocycles. The maximum Gasteiger partial charge on any atom is 0.249 e. The molecule has 0 aliphatic heterocycles. The fourth-order valence-corrected chi connectivity index (χ4v) is 5.60. The van der Waals surface area contributed by atoms with Gasteiger partial charge >= 0.3 is 0 Å². The Hall–Kier alpha value is -2.21. The Balaban J connectivity index is 0.000000274. The minimum absolute atomic E-state index is 0.0415. The molecule has 11 nitrogen and oxygen atoms in total. The third-order valence-electron chi connectivity index (χ3n) is 4.36. The zero-order valence-corrected chi connectivity index (χ0v) is 23.3. The molecule has 0 saturated heterocycles. The van der Waals surface area contributed by atoms with Gasteiger partial charge in [-0.1, -0.05) is 35.9 Å². The topological polar surface area (TPSA) is 168 Å². The quantitative estimate of drug-likeness (QED) is 0.233. The molecular formula is C21H29N3O8S4. The molecule has 0 aliphatic carbocycles. The van der Waals surface area contributed by atoms with Crippen LogP contribution in [0.25, 0.3) is 0 Å². The summed E-state index contributed by atoms with van der Waals surface area (Å²) < 4.78 is 73.9. The smallest absolute Gasteiger partial charge is 0.249 e. The van der Waals surface area contributed by atoms with Gasteiger partial charge in [0.15, 0.2) is 0 Å². The van der Waals surface area contributed by atoms with Crippen LogP contribution in [0.2, 0.25) is 0 Å². The number of rotatable bonds is 8. The average molecular weight is 580 g/mol. The lowest BCUT2D eigenvalue weighted by atomic mass is 10.2. The largest absolute Gasteiger partial charge is 0.251 e. The SMILES string of the molecule is CNS(=O)(=O)c1ccc(C)cc1.CNS(=O)(=O)c1ccc(COO)cc1.CNS(=O)(=O)c1cccs1. The summed E-state index contributed by atoms with van der Waals surface area (Å²) in [7, 11) is -5.69. The van der Waals surface area contributed by atoms with Crippen molar-refractivity contribution in [3.8, 4) is 0 Å². The highest BCUT2D eigenvalue weighted by atomic mass is 32.2. The summed E-state index contributed by atoms with van der Waals surface area (Å²) in [6, 6.07) is 16.0. The third kappa shape index (κ3) is 10.0. The molecule has 0 radical (unpaired) electrons. The van der Waals surface area contributed by atoms with Crippen molar-refractivity contribution < 1.29 is 35.4 Å². The van der Waals surface area contributed by atoms with E-state index in [0.29, 0.717) is 14.7 Å². The zero-order chi connectivity index (χ0) is 27.4. The van der Waals surface area contributed by atoms with Crippen LogP contribution in [-0.2, 0) is 41.6 Å². The number of sulfonamides is 3. The van der Waals surface area contributed by atoms with Gasteiger partial charge in [-0.05, 0) is 69.3 Å². The summed E-state index contributed by atoms with van der Waals surface area (Å²) in [5.74, 6) is 0. The second-order valence-electron chi connectivity index (χ2n) is 6.79. The maximum absolute atomic E-state index is 11.3. The van der Waals surface area contributed by atoms with Crippen LogP contribution in [0.5, 0.6) is 0 Å². The van der Waals surface area contributed by atoms with E-state index in [1.54, 1.807) is 53.9 Å². The molecular weight excluding hydrogens is 551 g/mol. The van der Waals surface area contributed by atoms with E-state index in [1.165, 1.54) is 44.6 Å². The van der Waals surface area contributed by atoms with Gasteiger partial charge in [-0.2, -0.15) is 0 Å². The number of hydrogen-bond acceptors (Lipinski definition) is 9. The second-order valence-corrected chi connectivity index (χ2v) is 13.6. The van der Waals surface area contributed by atoms with Gasteiger partial charge in [0.2, 0.25) is 30.1 Å². The van der Waals surface area contributed by atoms with Crippen LogP contribution >= 0.6 is 11.3 Å². The molecule has 15 heteroatoms. The first-order valence-corrected chi connectivity index (χ1v) is 15.4. The Morgan fingerprint density at radius 2 is 1.17 bits per heavy atom. The second kappa shape index (κ2) is 14.5. The summed E-state index contributed by atoms with van der Waals surface area (Å²) in [6.45, 7) is 1.95. The van der Waals surface area contributed by atoms with Gasteiger partial charge in [-0.25, -0.2) is 44.3 Å². The lowest BCUT2D eigenvalue weighted by Gasteiger charge is -2.03. The molecule has 0 saturated carbocycles. The molecule has 0 unspecified atom stereocenters. The molecule has 3 aromatic rings. The van der Waals surface area contributed by atoms with Gasteiger partial charge in [-0.3, -0.25) is 5.26 Å². The number of hydrogen-bond donors (Lipinski definition) is 4. The molecule has 0 atom stereocenters. The van der Waals surface area contributed by atoms with Crippen molar-refractivity contribution in [1.82, 2.24) is 14.2 Å². The van der Waals surface area contributed by atoms with E-state index in [0.717, 1.165) is 5.56 Å². The van der Waals surface area contributed by atoms with E-state index in [9.17, 15) is 25.3 Å². The predicted octanol–water partition coefficient (Wildman–Crippen LogP) is 2.14. The standard InChI is InChI=1S/C8H11NO4S.C8H11NO2S.C5H7NO2S2/c1-9-14(11,12)8-4-2-7(3-5-8)6-13-10;1-7-3-5-8(6-4-7)12(10,11)9-2;1-6-10(7,8)5-3-2-4-9-5/h2-5,9-10H,6H2,1H3;3-6,9H,1-2H3;2-4,6H,1H3. The van der Waals surface area contributed by atoms with Gasteiger partial charge in [0, 0.05) is 0 Å². The molecule has 36 heavy (non-hydrogen) atoms. The minimum atomic E-state index is -3.38. The Morgan fingerprint density at radius 3 is 1.53 bits per heavy atom. The van der Waals surface area contributed by atoms with Gasteiger partial charge in [-0.15, -0.1) is 11.3 Å². The summed E-state index contributed by atoms with van der Waals surface area (Å²) in [5.41, 5.74) is 1.74. The molecule has 0 spiro atoms. The van der Waals surface area contributed by atoms with E-state index in [1.807, 2.05) is 6.92 Å². The fraction of sp³-hybridized carbons (Fsp3) is 0.238. The number of thiophene rings is 1. The highest BCUT2D eigenvalue weighted by Gasteiger charge is 2.11. The lowest BCUT2D eigenvalue weighted by molar-refractivity contribution is -0.253. The summed E-state index contributed by atoms with van der Waals surface area (Å²) in [6.07, 6.45) is 0. The van der Waals surface area contributed by atoms with Crippen LogP contribution in [0.15, 0.2) is 80.0 Å². The Bertz CT molecular complexity index is 1370. The molecule has 0 bridgehead atoms. The van der Waals surface area contributed by atoms with E-state index in [-0.39, 0.29) is 11.5 Å². The minimum Gasteiger partial charge on any atom is -0.251 e. The van der Waals surface area contributed by atoms with Gasteiger partial charge in [0.25, 0.3) is 0 Å². The van der Waals surface area contributed by atoms with E-state index >= 15 is 0 Å². The van der Waals surface area contributed by atoms with Gasteiger partial charge in [0.05, 0.1) is 9.79 Å². The van der Waals surface area contributed by atoms with Gasteiger partial charge < -0.3 is 0 Å². The third-order valence-corrected chi connectivity index (χ3v) is 10.0. The number of aryl methyl sites for hydroxylation is 1. The highest BCUT2D eigenvalue weighted by Crippen LogP contribution is 2.14. The Kier molecular flexibility index (Phi) is 12.8. The van der Waals surface area contributed by atoms with Crippen LogP contribution < -0.4 is 14.2 Å². The average Bonchev–Trinajstić information content (AvgIpc) is 3.42. The van der Waals surface area contributed by atoms with Crippen LogP contribution in [-0.4, -0.2) is 51.7 Å². The van der Waals surface area contributed by atoms with Crippen LogP contribution in [0, 0.1) is 6.92 Å². The maximum atomic E-state index is 11.3. The van der Waals surface area contributed by atoms with Crippen LogP contribution in [0.1, 0.15) is 11.1 Å². The molecule has 0 fully saturated rings. The van der Waals surface area contributed by atoms with Crippen molar-refractivity contribution in [2.45, 2.75) is 27.5 Å². The van der Waals surface area contributed by atoms with Crippen molar-refractivity contribution in [3.63, 3.8) is 0 Å². The van der Waals surface area contributed by atoms with Crippen molar-refractivity contribution in [3.05, 3.63) is 77.2 Å². The highest BCUT2D eigenvalue weighted by molar-refractivity contribution is 7.91. The Labute approximate surface area is 216 Å². The van der Waals surface area contributed by atoms with E-state index < -0.39 is 30.1 Å². The summed E-state index contributed by atoms with van der Waals surface area (Å²) in [5, 5.41) is 9.89. The predicted molar refractivity (Wildman–Crippen MR) is 138 cm³/mol. The van der Waals surface area contributed by atoms with Crippen LogP contribution in [0.4, 0.5) is 0 Å². The zero-order valence-electron chi connectivity index (χ0n) is 20.0. The summed E-state index contributed by atoms with van der Waals surface area (Å²) >= 11 is 1.20. The number of nitrogens with one attached hydrogen (secondary N) is 3. The number of benzene rings is 2. The van der Waals surface area contributed by atoms with Crippen molar-refractivity contribution in [2.75, 3.05) is 21.1 Å². The van der Waals surface area contributed by atoms with Gasteiger partial charge in [0.1, 0.15) is 10.8 Å². The molecule has 4 N–H and O–H groups in total. The fourth-order valence-electron chi connectivity index (χ4n) is 2.31.